The van der Waals surface area contributed by atoms with E-state index in [1.54, 1.807) is 23.3 Å². The number of hydrogen-bond donors (Lipinski definition) is 1. The highest BCUT2D eigenvalue weighted by Crippen LogP contribution is 2.21. The maximum atomic E-state index is 5.69. The van der Waals surface area contributed by atoms with Gasteiger partial charge < -0.3 is 10.5 Å². The van der Waals surface area contributed by atoms with Gasteiger partial charge in [-0.1, -0.05) is 12.1 Å². The van der Waals surface area contributed by atoms with Crippen LogP contribution in [0.5, 0.6) is 5.88 Å². The summed E-state index contributed by atoms with van der Waals surface area (Å²) in [4.78, 5) is 8.46. The van der Waals surface area contributed by atoms with E-state index in [1.165, 1.54) is 0 Å². The van der Waals surface area contributed by atoms with Crippen LogP contribution < -0.4 is 10.5 Å². The van der Waals surface area contributed by atoms with Gasteiger partial charge in [0, 0.05) is 17.4 Å². The van der Waals surface area contributed by atoms with Crippen LogP contribution in [0.4, 0.5) is 5.69 Å². The number of benzene rings is 1. The highest BCUT2D eigenvalue weighted by molar-refractivity contribution is 5.64. The molecule has 106 valence electrons. The average molecular weight is 281 g/mol. The van der Waals surface area contributed by atoms with Crippen LogP contribution in [0.15, 0.2) is 49.1 Å². The van der Waals surface area contributed by atoms with Crippen molar-refractivity contribution in [3.63, 3.8) is 0 Å². The van der Waals surface area contributed by atoms with Gasteiger partial charge >= 0.3 is 0 Å². The van der Waals surface area contributed by atoms with Crippen LogP contribution in [0.1, 0.15) is 6.92 Å². The summed E-state index contributed by atoms with van der Waals surface area (Å²) in [5.74, 6) is 1.10. The number of hydrogen-bond acceptors (Lipinski definition) is 5. The Balaban J connectivity index is 1.91. The summed E-state index contributed by atoms with van der Waals surface area (Å²) in [6.07, 6.45) is 6.89. The Morgan fingerprint density at radius 1 is 1.10 bits per heavy atom. The van der Waals surface area contributed by atoms with Gasteiger partial charge in [-0.15, -0.1) is 0 Å². The maximum absolute atomic E-state index is 5.69. The fraction of sp³-hybridized carbons (Fsp3) is 0.133. The van der Waals surface area contributed by atoms with E-state index in [9.17, 15) is 0 Å². The lowest BCUT2D eigenvalue weighted by molar-refractivity contribution is 0.324. The van der Waals surface area contributed by atoms with Crippen molar-refractivity contribution in [2.75, 3.05) is 12.3 Å². The molecule has 0 aliphatic carbocycles. The smallest absolute Gasteiger partial charge is 0.234 e. The lowest BCUT2D eigenvalue weighted by Gasteiger charge is -2.03. The molecule has 2 heterocycles. The summed E-state index contributed by atoms with van der Waals surface area (Å²) in [5, 5.41) is 4.31. The number of nitrogen functional groups attached to an aromatic ring is 1. The first-order valence-electron chi connectivity index (χ1n) is 6.62. The number of anilines is 1. The molecule has 2 aromatic heterocycles. The predicted octanol–water partition coefficient (Wildman–Crippen LogP) is 2.31. The van der Waals surface area contributed by atoms with Gasteiger partial charge in [0.05, 0.1) is 25.2 Å². The van der Waals surface area contributed by atoms with Crippen LogP contribution in [-0.4, -0.2) is 26.4 Å². The number of nitrogens with two attached hydrogens (primary N) is 1. The first-order chi connectivity index (χ1) is 10.3. The van der Waals surface area contributed by atoms with E-state index in [0.29, 0.717) is 18.3 Å². The van der Waals surface area contributed by atoms with E-state index in [1.807, 2.05) is 37.4 Å². The highest BCUT2D eigenvalue weighted by Gasteiger charge is 2.06. The van der Waals surface area contributed by atoms with Crippen molar-refractivity contribution in [3.05, 3.63) is 49.1 Å². The van der Waals surface area contributed by atoms with E-state index < -0.39 is 0 Å². The van der Waals surface area contributed by atoms with Crippen molar-refractivity contribution >= 4 is 5.69 Å². The molecule has 3 rings (SSSR count). The molecule has 0 saturated carbocycles. The molecule has 0 saturated heterocycles. The van der Waals surface area contributed by atoms with Crippen molar-refractivity contribution in [2.24, 2.45) is 0 Å². The highest BCUT2D eigenvalue weighted by atomic mass is 16.5. The molecule has 1 aromatic carbocycles. The third-order valence-corrected chi connectivity index (χ3v) is 2.95. The Bertz CT molecular complexity index is 736. The fourth-order valence-corrected chi connectivity index (χ4v) is 1.94. The van der Waals surface area contributed by atoms with Crippen LogP contribution in [0.3, 0.4) is 0 Å². The molecule has 0 atom stereocenters. The van der Waals surface area contributed by atoms with Crippen molar-refractivity contribution in [3.8, 4) is 22.8 Å². The largest absolute Gasteiger partial charge is 0.477 e. The molecule has 2 N–H and O–H groups in total. The second-order valence-corrected chi connectivity index (χ2v) is 4.44. The van der Waals surface area contributed by atoms with Crippen LogP contribution in [0, 0.1) is 0 Å². The molecule has 0 spiro atoms. The summed E-state index contributed by atoms with van der Waals surface area (Å²) in [6.45, 7) is 2.45. The topological polar surface area (TPSA) is 78.9 Å². The summed E-state index contributed by atoms with van der Waals surface area (Å²) >= 11 is 0. The molecule has 0 aliphatic rings. The Kier molecular flexibility index (Phi) is 3.51. The minimum absolute atomic E-state index is 0.486. The SMILES string of the molecule is CCOc1cncc(-n2cc(-c3ccc(N)cc3)cn2)n1. The predicted molar refractivity (Wildman–Crippen MR) is 80.2 cm³/mol. The second kappa shape index (κ2) is 5.62. The van der Waals surface area contributed by atoms with Gasteiger partial charge in [-0.25, -0.2) is 4.68 Å². The molecular weight excluding hydrogens is 266 g/mol. The van der Waals surface area contributed by atoms with E-state index in [2.05, 4.69) is 15.1 Å². The Labute approximate surface area is 122 Å². The van der Waals surface area contributed by atoms with Crippen LogP contribution >= 0.6 is 0 Å². The zero-order valence-corrected chi connectivity index (χ0v) is 11.6. The Morgan fingerprint density at radius 2 is 1.90 bits per heavy atom. The van der Waals surface area contributed by atoms with Crippen molar-refractivity contribution in [1.29, 1.82) is 0 Å². The summed E-state index contributed by atoms with van der Waals surface area (Å²) < 4.78 is 7.01. The molecule has 0 bridgehead atoms. The molecule has 0 radical (unpaired) electrons. The fourth-order valence-electron chi connectivity index (χ4n) is 1.94. The number of aromatic nitrogens is 4. The van der Waals surface area contributed by atoms with Gasteiger partial charge in [0.1, 0.15) is 0 Å². The van der Waals surface area contributed by atoms with Crippen molar-refractivity contribution in [1.82, 2.24) is 19.7 Å². The van der Waals surface area contributed by atoms with Gasteiger partial charge in [0.15, 0.2) is 5.82 Å². The third kappa shape index (κ3) is 2.84. The monoisotopic (exact) mass is 281 g/mol. The molecule has 3 aromatic rings. The summed E-state index contributed by atoms with van der Waals surface area (Å²) in [5.41, 5.74) is 8.46. The normalized spacial score (nSPS) is 10.5. The van der Waals surface area contributed by atoms with Gasteiger partial charge in [-0.05, 0) is 24.6 Å². The van der Waals surface area contributed by atoms with Crippen LogP contribution in [-0.2, 0) is 0 Å². The van der Waals surface area contributed by atoms with E-state index in [-0.39, 0.29) is 0 Å². The third-order valence-electron chi connectivity index (χ3n) is 2.95. The van der Waals surface area contributed by atoms with Gasteiger partial charge in [-0.2, -0.15) is 10.1 Å². The quantitative estimate of drug-likeness (QED) is 0.742. The molecule has 0 unspecified atom stereocenters. The van der Waals surface area contributed by atoms with Crippen molar-refractivity contribution in [2.45, 2.75) is 6.92 Å². The molecule has 6 heteroatoms. The maximum Gasteiger partial charge on any atom is 0.234 e. The van der Waals surface area contributed by atoms with Gasteiger partial charge in [0.2, 0.25) is 5.88 Å². The number of ether oxygens (including phenoxy) is 1. The van der Waals surface area contributed by atoms with E-state index >= 15 is 0 Å². The Morgan fingerprint density at radius 3 is 2.67 bits per heavy atom. The number of rotatable bonds is 4. The van der Waals surface area contributed by atoms with E-state index in [4.69, 9.17) is 10.5 Å². The van der Waals surface area contributed by atoms with Crippen LogP contribution in [0.25, 0.3) is 16.9 Å². The molecule has 0 amide bonds. The first kappa shape index (κ1) is 13.1. The summed E-state index contributed by atoms with van der Waals surface area (Å²) in [6, 6.07) is 7.64. The number of nitrogens with zero attached hydrogens (tertiary/aromatic N) is 4. The zero-order valence-electron chi connectivity index (χ0n) is 11.6. The van der Waals surface area contributed by atoms with E-state index in [0.717, 1.165) is 16.8 Å². The first-order valence-corrected chi connectivity index (χ1v) is 6.62. The lowest BCUT2D eigenvalue weighted by atomic mass is 10.1. The van der Waals surface area contributed by atoms with Crippen LogP contribution in [0.2, 0.25) is 0 Å². The zero-order chi connectivity index (χ0) is 14.7. The standard InChI is InChI=1S/C15H15N5O/c1-2-21-15-9-17-8-14(19-15)20-10-12(7-18-20)11-3-5-13(16)6-4-11/h3-10H,2,16H2,1H3. The minimum Gasteiger partial charge on any atom is -0.477 e. The molecule has 21 heavy (non-hydrogen) atoms. The van der Waals surface area contributed by atoms with Crippen molar-refractivity contribution < 1.29 is 4.74 Å². The summed E-state index contributed by atoms with van der Waals surface area (Å²) in [7, 11) is 0. The second-order valence-electron chi connectivity index (χ2n) is 4.44. The van der Waals surface area contributed by atoms with Gasteiger partial charge in [-0.3, -0.25) is 4.98 Å². The molecule has 0 fully saturated rings. The molecule has 0 aliphatic heterocycles. The molecular formula is C15H15N5O. The minimum atomic E-state index is 0.486. The lowest BCUT2D eigenvalue weighted by Crippen LogP contribution is -2.02. The molecule has 6 nitrogen and oxygen atoms in total. The van der Waals surface area contributed by atoms with Gasteiger partial charge in [0.25, 0.3) is 0 Å². The average Bonchev–Trinajstić information content (AvgIpc) is 2.98. The Hall–Kier alpha value is -2.89.